The molecule has 1 aliphatic rings. The number of amides is 2. The maximum atomic E-state index is 12.8. The molecular weight excluding hydrogens is 360 g/mol. The highest BCUT2D eigenvalue weighted by Crippen LogP contribution is 2.23. The fourth-order valence-electron chi connectivity index (χ4n) is 3.78. The molecule has 4 rings (SSSR count). The van der Waals surface area contributed by atoms with Crippen LogP contribution in [0.3, 0.4) is 0 Å². The Labute approximate surface area is 171 Å². The van der Waals surface area contributed by atoms with Crippen molar-refractivity contribution in [3.8, 4) is 11.1 Å². The zero-order valence-corrected chi connectivity index (χ0v) is 16.5. The fraction of sp³-hybridized carbons (Fsp3) is 0.200. The van der Waals surface area contributed by atoms with Crippen molar-refractivity contribution in [2.45, 2.75) is 19.4 Å². The summed E-state index contributed by atoms with van der Waals surface area (Å²) in [4.78, 5) is 26.5. The molecule has 0 fully saturated rings. The van der Waals surface area contributed by atoms with Gasteiger partial charge < -0.3 is 10.2 Å². The van der Waals surface area contributed by atoms with Gasteiger partial charge >= 0.3 is 0 Å². The molecule has 146 valence electrons. The van der Waals surface area contributed by atoms with E-state index in [1.807, 2.05) is 53.4 Å². The van der Waals surface area contributed by atoms with Gasteiger partial charge in [0.2, 0.25) is 5.91 Å². The van der Waals surface area contributed by atoms with Crippen molar-refractivity contribution >= 4 is 11.8 Å². The first kappa shape index (κ1) is 18.9. The number of carbonyl (C=O) groups excluding carboxylic acids is 2. The van der Waals surface area contributed by atoms with Crippen molar-refractivity contribution < 1.29 is 9.59 Å². The predicted octanol–water partition coefficient (Wildman–Crippen LogP) is 3.84. The van der Waals surface area contributed by atoms with Crippen LogP contribution < -0.4 is 5.32 Å². The summed E-state index contributed by atoms with van der Waals surface area (Å²) >= 11 is 0. The van der Waals surface area contributed by atoms with Gasteiger partial charge in [-0.3, -0.25) is 9.59 Å². The van der Waals surface area contributed by atoms with Gasteiger partial charge in [0.05, 0.1) is 6.42 Å². The van der Waals surface area contributed by atoms with Crippen molar-refractivity contribution in [2.75, 3.05) is 13.6 Å². The molecule has 4 nitrogen and oxygen atoms in total. The first-order valence-corrected chi connectivity index (χ1v) is 9.90. The summed E-state index contributed by atoms with van der Waals surface area (Å²) < 4.78 is 0. The van der Waals surface area contributed by atoms with Crippen LogP contribution in [0.5, 0.6) is 0 Å². The molecule has 0 aliphatic carbocycles. The Morgan fingerprint density at radius 1 is 0.897 bits per heavy atom. The van der Waals surface area contributed by atoms with E-state index in [2.05, 4.69) is 29.6 Å². The molecule has 0 atom stereocenters. The summed E-state index contributed by atoms with van der Waals surface area (Å²) in [7, 11) is 1.63. The zero-order valence-electron chi connectivity index (χ0n) is 16.5. The molecule has 3 aromatic rings. The average Bonchev–Trinajstić information content (AvgIpc) is 2.79. The number of nitrogens with one attached hydrogen (secondary N) is 1. The SMILES string of the molecule is CNC(=O)c1ccc2c(c1)CCN(C(=O)Cc1ccc(-c3ccccc3)cc1)C2. The topological polar surface area (TPSA) is 49.4 Å². The second kappa shape index (κ2) is 8.31. The van der Waals surface area contributed by atoms with E-state index < -0.39 is 0 Å². The van der Waals surface area contributed by atoms with E-state index >= 15 is 0 Å². The molecule has 0 aromatic heterocycles. The van der Waals surface area contributed by atoms with Gasteiger partial charge in [-0.1, -0.05) is 60.7 Å². The Morgan fingerprint density at radius 3 is 2.34 bits per heavy atom. The normalized spacial score (nSPS) is 12.9. The van der Waals surface area contributed by atoms with Gasteiger partial charge in [0.25, 0.3) is 5.91 Å². The van der Waals surface area contributed by atoms with Gasteiger partial charge in [0.15, 0.2) is 0 Å². The second-order valence-corrected chi connectivity index (χ2v) is 7.37. The summed E-state index contributed by atoms with van der Waals surface area (Å²) in [5, 5.41) is 2.65. The molecule has 1 heterocycles. The largest absolute Gasteiger partial charge is 0.355 e. The standard InChI is InChI=1S/C25H24N2O2/c1-26-25(29)22-11-12-23-17-27(14-13-21(23)16-22)24(28)15-18-7-9-20(10-8-18)19-5-3-2-4-6-19/h2-12,16H,13-15,17H2,1H3,(H,26,29). The van der Waals surface area contributed by atoms with Crippen molar-refractivity contribution in [1.29, 1.82) is 0 Å². The van der Waals surface area contributed by atoms with Crippen molar-refractivity contribution in [3.05, 3.63) is 95.1 Å². The third-order valence-corrected chi connectivity index (χ3v) is 5.48. The summed E-state index contributed by atoms with van der Waals surface area (Å²) in [5.74, 6) is 0.0590. The van der Waals surface area contributed by atoms with Crippen LogP contribution in [0.2, 0.25) is 0 Å². The van der Waals surface area contributed by atoms with E-state index in [1.165, 1.54) is 5.56 Å². The Kier molecular flexibility index (Phi) is 5.43. The van der Waals surface area contributed by atoms with E-state index in [0.717, 1.165) is 28.7 Å². The van der Waals surface area contributed by atoms with Gasteiger partial charge in [0, 0.05) is 25.7 Å². The number of carbonyl (C=O) groups is 2. The third-order valence-electron chi connectivity index (χ3n) is 5.48. The molecular formula is C25H24N2O2. The maximum Gasteiger partial charge on any atom is 0.251 e. The van der Waals surface area contributed by atoms with E-state index in [-0.39, 0.29) is 11.8 Å². The molecule has 4 heteroatoms. The summed E-state index contributed by atoms with van der Waals surface area (Å²) in [5.41, 5.74) is 6.30. The Morgan fingerprint density at radius 2 is 1.62 bits per heavy atom. The number of fused-ring (bicyclic) bond motifs is 1. The highest BCUT2D eigenvalue weighted by molar-refractivity contribution is 5.94. The average molecular weight is 384 g/mol. The number of rotatable bonds is 4. The van der Waals surface area contributed by atoms with Gasteiger partial charge in [-0.25, -0.2) is 0 Å². The van der Waals surface area contributed by atoms with Crippen LogP contribution in [0.4, 0.5) is 0 Å². The Hall–Kier alpha value is -3.40. The molecule has 0 bridgehead atoms. The van der Waals surface area contributed by atoms with Gasteiger partial charge in [0.1, 0.15) is 0 Å². The van der Waals surface area contributed by atoms with Gasteiger partial charge in [-0.05, 0) is 46.4 Å². The Bertz CT molecular complexity index is 1030. The van der Waals surface area contributed by atoms with Crippen molar-refractivity contribution in [2.24, 2.45) is 0 Å². The zero-order chi connectivity index (χ0) is 20.2. The molecule has 0 radical (unpaired) electrons. The highest BCUT2D eigenvalue weighted by atomic mass is 16.2. The monoisotopic (exact) mass is 384 g/mol. The van der Waals surface area contributed by atoms with Crippen molar-refractivity contribution in [1.82, 2.24) is 10.2 Å². The minimum absolute atomic E-state index is 0.0785. The maximum absolute atomic E-state index is 12.8. The van der Waals surface area contributed by atoms with E-state index in [0.29, 0.717) is 25.1 Å². The van der Waals surface area contributed by atoms with E-state index in [1.54, 1.807) is 7.05 Å². The van der Waals surface area contributed by atoms with E-state index in [9.17, 15) is 9.59 Å². The first-order chi connectivity index (χ1) is 14.1. The second-order valence-electron chi connectivity index (χ2n) is 7.37. The lowest BCUT2D eigenvalue weighted by atomic mass is 9.96. The highest BCUT2D eigenvalue weighted by Gasteiger charge is 2.21. The molecule has 0 saturated carbocycles. The van der Waals surface area contributed by atoms with Crippen LogP contribution in [0.1, 0.15) is 27.0 Å². The molecule has 1 N–H and O–H groups in total. The van der Waals surface area contributed by atoms with E-state index in [4.69, 9.17) is 0 Å². The molecule has 0 spiro atoms. The van der Waals surface area contributed by atoms with Crippen molar-refractivity contribution in [3.63, 3.8) is 0 Å². The van der Waals surface area contributed by atoms with Crippen LogP contribution in [0.25, 0.3) is 11.1 Å². The third kappa shape index (κ3) is 4.21. The smallest absolute Gasteiger partial charge is 0.251 e. The van der Waals surface area contributed by atoms with Gasteiger partial charge in [-0.2, -0.15) is 0 Å². The number of hydrogen-bond acceptors (Lipinski definition) is 2. The summed E-state index contributed by atoms with van der Waals surface area (Å²) in [6.07, 6.45) is 1.18. The van der Waals surface area contributed by atoms with Crippen LogP contribution in [0, 0.1) is 0 Å². The number of benzene rings is 3. The lowest BCUT2D eigenvalue weighted by Crippen LogP contribution is -2.37. The van der Waals surface area contributed by atoms with Crippen LogP contribution in [-0.2, 0) is 24.2 Å². The van der Waals surface area contributed by atoms with Crippen LogP contribution in [0.15, 0.2) is 72.8 Å². The quantitative estimate of drug-likeness (QED) is 0.743. The number of hydrogen-bond donors (Lipinski definition) is 1. The predicted molar refractivity (Wildman–Crippen MR) is 115 cm³/mol. The summed E-state index contributed by atoms with van der Waals surface area (Å²) in [6.45, 7) is 1.29. The molecule has 0 unspecified atom stereocenters. The molecule has 2 amide bonds. The minimum atomic E-state index is -0.0785. The lowest BCUT2D eigenvalue weighted by Gasteiger charge is -2.29. The van der Waals surface area contributed by atoms with Crippen LogP contribution >= 0.6 is 0 Å². The number of nitrogens with zero attached hydrogens (tertiary/aromatic N) is 1. The molecule has 3 aromatic carbocycles. The first-order valence-electron chi connectivity index (χ1n) is 9.90. The molecule has 29 heavy (non-hydrogen) atoms. The van der Waals surface area contributed by atoms with Crippen LogP contribution in [-0.4, -0.2) is 30.3 Å². The lowest BCUT2D eigenvalue weighted by molar-refractivity contribution is -0.131. The Balaban J connectivity index is 1.41. The summed E-state index contributed by atoms with van der Waals surface area (Å²) in [6, 6.07) is 24.2. The molecule has 1 aliphatic heterocycles. The molecule has 0 saturated heterocycles. The fourth-order valence-corrected chi connectivity index (χ4v) is 3.78. The minimum Gasteiger partial charge on any atom is -0.355 e. The van der Waals surface area contributed by atoms with Gasteiger partial charge in [-0.15, -0.1) is 0 Å².